The van der Waals surface area contributed by atoms with E-state index in [0.29, 0.717) is 29.1 Å². The molecule has 0 spiro atoms. The van der Waals surface area contributed by atoms with E-state index in [1.165, 1.54) is 13.8 Å². The molecule has 3 N–H and O–H groups in total. The number of aliphatic hydroxyl groups is 2. The molecule has 3 rings (SSSR count). The molecule has 0 saturated carbocycles. The second-order valence-electron chi connectivity index (χ2n) is 8.01. The number of rotatable bonds is 4. The summed E-state index contributed by atoms with van der Waals surface area (Å²) in [5, 5.41) is 32.0. The van der Waals surface area contributed by atoms with Crippen molar-refractivity contribution in [1.29, 1.82) is 5.26 Å². The van der Waals surface area contributed by atoms with Gasteiger partial charge in [-0.25, -0.2) is 0 Å². The molecule has 148 valence electrons. The number of nitrogens with one attached hydrogen (secondary N) is 1. The van der Waals surface area contributed by atoms with Crippen molar-refractivity contribution in [3.05, 3.63) is 30.1 Å². The largest absolute Gasteiger partial charge is 0.387 e. The Morgan fingerprint density at radius 3 is 2.64 bits per heavy atom. The number of aliphatic hydroxyl groups excluding tert-OH is 1. The molecule has 0 aliphatic carbocycles. The Hall–Kier alpha value is -2.76. The molecule has 0 bridgehead atoms. The molecular weight excluding hydrogens is 358 g/mol. The molecule has 2 heterocycles. The van der Waals surface area contributed by atoms with Gasteiger partial charge in [-0.3, -0.25) is 14.8 Å². The summed E-state index contributed by atoms with van der Waals surface area (Å²) in [5.41, 5.74) is 1.02. The van der Waals surface area contributed by atoms with Gasteiger partial charge in [-0.1, -0.05) is 6.92 Å². The number of fused-ring (bicyclic) bond motifs is 1. The van der Waals surface area contributed by atoms with Gasteiger partial charge in [0.15, 0.2) is 6.10 Å². The van der Waals surface area contributed by atoms with Crippen molar-refractivity contribution >= 4 is 22.6 Å². The third-order valence-corrected chi connectivity index (χ3v) is 4.99. The molecule has 1 amide bonds. The number of anilines is 1. The van der Waals surface area contributed by atoms with Gasteiger partial charge >= 0.3 is 0 Å². The number of aromatic nitrogens is 2. The summed E-state index contributed by atoms with van der Waals surface area (Å²) in [4.78, 5) is 23.1. The molecule has 3 atom stereocenters. The van der Waals surface area contributed by atoms with Crippen molar-refractivity contribution in [1.82, 2.24) is 15.3 Å². The number of amides is 1. The van der Waals surface area contributed by atoms with Gasteiger partial charge < -0.3 is 20.4 Å². The molecule has 8 nitrogen and oxygen atoms in total. The zero-order valence-corrected chi connectivity index (χ0v) is 16.3. The minimum Gasteiger partial charge on any atom is -0.387 e. The Morgan fingerprint density at radius 2 is 2.00 bits per heavy atom. The topological polar surface area (TPSA) is 122 Å². The second-order valence-corrected chi connectivity index (χ2v) is 8.01. The van der Waals surface area contributed by atoms with Crippen LogP contribution in [0.15, 0.2) is 24.5 Å². The van der Waals surface area contributed by atoms with Crippen LogP contribution in [0.4, 0.5) is 5.69 Å². The lowest BCUT2D eigenvalue weighted by Crippen LogP contribution is -2.55. The maximum absolute atomic E-state index is 12.3. The quantitative estimate of drug-likeness (QED) is 0.719. The molecule has 1 aromatic heterocycles. The van der Waals surface area contributed by atoms with Crippen LogP contribution in [-0.2, 0) is 4.79 Å². The monoisotopic (exact) mass is 383 g/mol. The van der Waals surface area contributed by atoms with E-state index in [1.807, 2.05) is 6.07 Å². The molecule has 1 aliphatic heterocycles. The van der Waals surface area contributed by atoms with E-state index in [-0.39, 0.29) is 6.04 Å². The molecule has 1 aliphatic rings. The molecular formula is C20H25N5O3. The maximum atomic E-state index is 12.3. The Balaban J connectivity index is 1.85. The Labute approximate surface area is 163 Å². The van der Waals surface area contributed by atoms with Crippen LogP contribution >= 0.6 is 0 Å². The van der Waals surface area contributed by atoms with Crippen molar-refractivity contribution in [2.45, 2.75) is 44.9 Å². The van der Waals surface area contributed by atoms with E-state index in [4.69, 9.17) is 0 Å². The number of piperidine rings is 1. The third kappa shape index (κ3) is 4.06. The van der Waals surface area contributed by atoms with Gasteiger partial charge in [-0.2, -0.15) is 5.26 Å². The second kappa shape index (κ2) is 7.70. The average molecular weight is 383 g/mol. The summed E-state index contributed by atoms with van der Waals surface area (Å²) in [6, 6.07) is 5.55. The van der Waals surface area contributed by atoms with Gasteiger partial charge in [0.2, 0.25) is 0 Å². The number of carbonyl (C=O) groups excluding carboxylic acids is 1. The highest BCUT2D eigenvalue weighted by atomic mass is 16.3. The number of carbonyl (C=O) groups is 1. The number of hydrogen-bond acceptors (Lipinski definition) is 7. The predicted octanol–water partition coefficient (Wildman–Crippen LogP) is 0.964. The fourth-order valence-electron chi connectivity index (χ4n) is 3.64. The lowest BCUT2D eigenvalue weighted by molar-refractivity contribution is -0.142. The summed E-state index contributed by atoms with van der Waals surface area (Å²) in [7, 11) is 0. The van der Waals surface area contributed by atoms with Crippen molar-refractivity contribution in [2.75, 3.05) is 18.0 Å². The standard InChI is InChI=1S/C20H25N5O3/c1-12-8-14(24-19(27)18(26)20(2,3)28)11-25(10-12)15-5-4-13(9-21)16-17(15)23-7-6-22-16/h4-7,12,14,18,26,28H,8,10-11H2,1-3H3,(H,24,27)/t12-,14?,18?/m0/s1. The average Bonchev–Trinajstić information content (AvgIpc) is 2.65. The van der Waals surface area contributed by atoms with Crippen LogP contribution in [0.2, 0.25) is 0 Å². The van der Waals surface area contributed by atoms with Crippen LogP contribution in [0.25, 0.3) is 11.0 Å². The van der Waals surface area contributed by atoms with E-state index in [0.717, 1.165) is 18.7 Å². The van der Waals surface area contributed by atoms with Crippen LogP contribution in [0.1, 0.15) is 32.8 Å². The predicted molar refractivity (Wildman–Crippen MR) is 104 cm³/mol. The number of benzene rings is 1. The number of nitrogens with zero attached hydrogens (tertiary/aromatic N) is 4. The first kappa shape index (κ1) is 20.0. The highest BCUT2D eigenvalue weighted by molar-refractivity contribution is 5.92. The first-order valence-corrected chi connectivity index (χ1v) is 9.30. The maximum Gasteiger partial charge on any atom is 0.252 e. The molecule has 0 radical (unpaired) electrons. The van der Waals surface area contributed by atoms with Crippen molar-refractivity contribution in [3.8, 4) is 6.07 Å². The van der Waals surface area contributed by atoms with Crippen LogP contribution in [0, 0.1) is 17.2 Å². The van der Waals surface area contributed by atoms with Crippen molar-refractivity contribution < 1.29 is 15.0 Å². The molecule has 2 aromatic rings. The summed E-state index contributed by atoms with van der Waals surface area (Å²) in [6.07, 6.45) is 2.42. The van der Waals surface area contributed by atoms with E-state index in [9.17, 15) is 20.3 Å². The van der Waals surface area contributed by atoms with Crippen LogP contribution in [-0.4, -0.2) is 56.9 Å². The fraction of sp³-hybridized carbons (Fsp3) is 0.500. The molecule has 1 fully saturated rings. The van der Waals surface area contributed by atoms with Crippen molar-refractivity contribution in [2.24, 2.45) is 5.92 Å². The lowest BCUT2D eigenvalue weighted by Gasteiger charge is -2.39. The van der Waals surface area contributed by atoms with Crippen molar-refractivity contribution in [3.63, 3.8) is 0 Å². The first-order valence-electron chi connectivity index (χ1n) is 9.30. The molecule has 28 heavy (non-hydrogen) atoms. The highest BCUT2D eigenvalue weighted by Crippen LogP contribution is 2.30. The van der Waals surface area contributed by atoms with E-state index >= 15 is 0 Å². The molecule has 2 unspecified atom stereocenters. The minimum atomic E-state index is -1.51. The number of nitriles is 1. The lowest BCUT2D eigenvalue weighted by atomic mass is 9.94. The summed E-state index contributed by atoms with van der Waals surface area (Å²) in [5.74, 6) is -0.295. The van der Waals surface area contributed by atoms with Crippen LogP contribution in [0.5, 0.6) is 0 Å². The van der Waals surface area contributed by atoms with E-state index in [1.54, 1.807) is 18.5 Å². The third-order valence-electron chi connectivity index (χ3n) is 4.99. The van der Waals surface area contributed by atoms with Gasteiger partial charge in [-0.05, 0) is 38.3 Å². The van der Waals surface area contributed by atoms with Gasteiger partial charge in [0.1, 0.15) is 17.1 Å². The minimum absolute atomic E-state index is 0.185. The van der Waals surface area contributed by atoms with Gasteiger partial charge in [0.05, 0.1) is 16.9 Å². The molecule has 1 saturated heterocycles. The summed E-state index contributed by atoms with van der Waals surface area (Å²) < 4.78 is 0. The fourth-order valence-corrected chi connectivity index (χ4v) is 3.64. The van der Waals surface area contributed by atoms with Crippen LogP contribution in [0.3, 0.4) is 0 Å². The zero-order chi connectivity index (χ0) is 20.5. The Bertz CT molecular complexity index is 918. The first-order chi connectivity index (χ1) is 13.2. The zero-order valence-electron chi connectivity index (χ0n) is 16.3. The Morgan fingerprint density at radius 1 is 1.32 bits per heavy atom. The van der Waals surface area contributed by atoms with E-state index in [2.05, 4.69) is 33.2 Å². The molecule has 8 heteroatoms. The SMILES string of the molecule is C[C@H]1CC(NC(=O)C(O)C(C)(C)O)CN(c2ccc(C#N)c3nccnc23)C1. The van der Waals surface area contributed by atoms with Gasteiger partial charge in [0, 0.05) is 31.5 Å². The van der Waals surface area contributed by atoms with Gasteiger partial charge in [0.25, 0.3) is 5.91 Å². The number of hydrogen-bond donors (Lipinski definition) is 3. The summed E-state index contributed by atoms with van der Waals surface area (Å²) >= 11 is 0. The Kier molecular flexibility index (Phi) is 5.49. The summed E-state index contributed by atoms with van der Waals surface area (Å²) in [6.45, 7) is 6.20. The normalized spacial score (nSPS) is 21.2. The van der Waals surface area contributed by atoms with E-state index < -0.39 is 17.6 Å². The van der Waals surface area contributed by atoms with Crippen LogP contribution < -0.4 is 10.2 Å². The highest BCUT2D eigenvalue weighted by Gasteiger charge is 2.34. The van der Waals surface area contributed by atoms with Gasteiger partial charge in [-0.15, -0.1) is 0 Å². The smallest absolute Gasteiger partial charge is 0.252 e. The molecule has 1 aromatic carbocycles.